The summed E-state index contributed by atoms with van der Waals surface area (Å²) >= 11 is -0.462. The van der Waals surface area contributed by atoms with Gasteiger partial charge in [0.1, 0.15) is 27.6 Å². The number of nitrogens with two attached hydrogens (primary N) is 1. The highest BCUT2D eigenvalue weighted by Crippen LogP contribution is 2.62. The van der Waals surface area contributed by atoms with Crippen LogP contribution < -0.4 is 8.85 Å². The Labute approximate surface area is 140 Å². The molecule has 1 aliphatic heterocycles. The zero-order valence-electron chi connectivity index (χ0n) is 12.5. The highest BCUT2D eigenvalue weighted by atomic mass is 127. The van der Waals surface area contributed by atoms with E-state index in [-0.39, 0.29) is 11.3 Å². The summed E-state index contributed by atoms with van der Waals surface area (Å²) in [5.41, 5.74) is 6.94. The Morgan fingerprint density at radius 2 is 2.32 bits per heavy atom. The molecule has 2 heterocycles. The first-order valence-electron chi connectivity index (χ1n) is 7.86. The highest BCUT2D eigenvalue weighted by Gasteiger charge is 2.57. The van der Waals surface area contributed by atoms with Gasteiger partial charge in [-0.1, -0.05) is 6.92 Å². The van der Waals surface area contributed by atoms with Crippen LogP contribution in [0.2, 0.25) is 0 Å². The highest BCUT2D eigenvalue weighted by molar-refractivity contribution is 14.2. The van der Waals surface area contributed by atoms with Gasteiger partial charge in [0.2, 0.25) is 0 Å². The van der Waals surface area contributed by atoms with Crippen LogP contribution in [0.1, 0.15) is 39.0 Å². The summed E-state index contributed by atoms with van der Waals surface area (Å²) < 4.78 is 7.06. The second-order valence-electron chi connectivity index (χ2n) is 6.46. The van der Waals surface area contributed by atoms with Crippen LogP contribution in [0.5, 0.6) is 0 Å². The molecule has 1 aromatic heterocycles. The van der Waals surface area contributed by atoms with Crippen molar-refractivity contribution in [3.8, 4) is 6.07 Å². The van der Waals surface area contributed by atoms with E-state index < -0.39 is 21.3 Å². The molecule has 0 bridgehead atoms. The fourth-order valence-corrected chi connectivity index (χ4v) is 7.29. The van der Waals surface area contributed by atoms with Gasteiger partial charge in [-0.2, -0.15) is 8.41 Å². The third-order valence-electron chi connectivity index (χ3n) is 5.91. The van der Waals surface area contributed by atoms with Gasteiger partial charge in [0.25, 0.3) is 0 Å². The van der Waals surface area contributed by atoms with Gasteiger partial charge in [-0.25, -0.2) is 9.97 Å². The van der Waals surface area contributed by atoms with Gasteiger partial charge in [-0.15, -0.1) is 0 Å². The van der Waals surface area contributed by atoms with Gasteiger partial charge >= 0.3 is 0 Å². The predicted octanol–water partition coefficient (Wildman–Crippen LogP) is 3.69. The zero-order valence-corrected chi connectivity index (χ0v) is 14.7. The molecule has 0 saturated heterocycles. The molecule has 3 aliphatic rings. The van der Waals surface area contributed by atoms with Crippen molar-refractivity contribution in [2.75, 3.05) is 8.85 Å². The predicted molar refractivity (Wildman–Crippen MR) is 92.6 cm³/mol. The number of anilines is 2. The van der Waals surface area contributed by atoms with E-state index in [1.54, 1.807) is 6.33 Å². The van der Waals surface area contributed by atoms with Crippen LogP contribution >= 0.6 is 21.3 Å². The molecule has 2 N–H and O–H groups in total. The smallest absolute Gasteiger partial charge is 0.170 e. The largest absolute Gasteiger partial charge is 0.382 e. The number of nitrogen functional groups attached to an aromatic ring is 1. The van der Waals surface area contributed by atoms with Crippen LogP contribution in [0.3, 0.4) is 0 Å². The maximum atomic E-state index is 9.54. The average Bonchev–Trinajstić information content (AvgIpc) is 3.19. The molecule has 4 atom stereocenters. The molecule has 0 unspecified atom stereocenters. The van der Waals surface area contributed by atoms with Crippen LogP contribution in [-0.2, 0) is 0 Å². The van der Waals surface area contributed by atoms with E-state index in [4.69, 9.17) is 5.73 Å². The number of hydrogen-bond acceptors (Lipinski definition) is 6. The number of aromatic nitrogens is 2. The first kappa shape index (κ1) is 14.3. The van der Waals surface area contributed by atoms with Crippen LogP contribution in [0.15, 0.2) is 9.47 Å². The maximum absolute atomic E-state index is 9.54. The van der Waals surface area contributed by atoms with Crippen molar-refractivity contribution in [2.24, 2.45) is 20.4 Å². The molecule has 0 amide bonds. The lowest BCUT2D eigenvalue weighted by Crippen LogP contribution is -2.36. The average molecular weight is 410 g/mol. The fourth-order valence-electron chi connectivity index (χ4n) is 4.83. The standard InChI is InChI=1S/C15H19IN6/c1-2-15-6-5-11(10(15)4-3-9(15)7-17)22-14-12(21-16-22)13(18)19-8-20-14/h8-11H,2-6H2,1H3,(H2,18,19,20)/t9-,10-,11+,15-/m1/s1. The van der Waals surface area contributed by atoms with E-state index in [9.17, 15) is 5.26 Å². The minimum Gasteiger partial charge on any atom is -0.382 e. The quantitative estimate of drug-likeness (QED) is 0.593. The van der Waals surface area contributed by atoms with Gasteiger partial charge in [0.15, 0.2) is 17.3 Å². The normalized spacial score (nSPS) is 35.8. The van der Waals surface area contributed by atoms with E-state index >= 15 is 0 Å². The lowest BCUT2D eigenvalue weighted by Gasteiger charge is -2.34. The molecule has 2 saturated carbocycles. The minimum atomic E-state index is -0.462. The van der Waals surface area contributed by atoms with Crippen molar-refractivity contribution in [3.63, 3.8) is 0 Å². The summed E-state index contributed by atoms with van der Waals surface area (Å²) in [7, 11) is 0. The second-order valence-corrected chi connectivity index (χ2v) is 8.41. The summed E-state index contributed by atoms with van der Waals surface area (Å²) in [4.78, 5) is 8.51. The van der Waals surface area contributed by atoms with Gasteiger partial charge in [0, 0.05) is 6.04 Å². The van der Waals surface area contributed by atoms with Crippen LogP contribution in [0.25, 0.3) is 0 Å². The van der Waals surface area contributed by atoms with Crippen LogP contribution in [-0.4, -0.2) is 16.0 Å². The molecule has 6 nitrogen and oxygen atoms in total. The molecule has 4 rings (SSSR count). The number of halogens is 1. The number of rotatable bonds is 2. The Kier molecular flexibility index (Phi) is 3.33. The fraction of sp³-hybridized carbons (Fsp3) is 0.667. The van der Waals surface area contributed by atoms with Crippen LogP contribution in [0, 0.1) is 28.6 Å². The Hall–Kier alpha value is -1.30. The van der Waals surface area contributed by atoms with Gasteiger partial charge in [-0.05, 0) is 43.4 Å². The van der Waals surface area contributed by atoms with E-state index in [0.29, 0.717) is 17.8 Å². The van der Waals surface area contributed by atoms with Gasteiger partial charge < -0.3 is 5.73 Å². The molecule has 1 aromatic rings. The Morgan fingerprint density at radius 3 is 3.09 bits per heavy atom. The second kappa shape index (κ2) is 5.11. The SMILES string of the molecule is CC[C@]12CC[C@H](N3I=Nc4c(N)ncnc43)[C@H]1CC[C@@H]2C#N. The van der Waals surface area contributed by atoms with Crippen molar-refractivity contribution in [1.82, 2.24) is 9.97 Å². The number of hydrogen-bond donors (Lipinski definition) is 1. The first-order chi connectivity index (χ1) is 10.7. The molecular formula is C15H19IN6. The molecule has 22 heavy (non-hydrogen) atoms. The van der Waals surface area contributed by atoms with E-state index in [1.165, 1.54) is 0 Å². The summed E-state index contributed by atoms with van der Waals surface area (Å²) in [6.45, 7) is 2.25. The third-order valence-corrected chi connectivity index (χ3v) is 8.25. The summed E-state index contributed by atoms with van der Waals surface area (Å²) in [5.74, 6) is 2.24. The third kappa shape index (κ3) is 1.76. The Bertz CT molecular complexity index is 683. The van der Waals surface area contributed by atoms with Crippen molar-refractivity contribution < 1.29 is 0 Å². The number of nitriles is 1. The van der Waals surface area contributed by atoms with Crippen molar-refractivity contribution in [2.45, 2.75) is 45.1 Å². The summed E-state index contributed by atoms with van der Waals surface area (Å²) in [6, 6.07) is 3.07. The number of fused-ring (bicyclic) bond motifs is 2. The monoisotopic (exact) mass is 410 g/mol. The van der Waals surface area contributed by atoms with Crippen LogP contribution in [0.4, 0.5) is 17.3 Å². The van der Waals surface area contributed by atoms with Crippen molar-refractivity contribution in [3.05, 3.63) is 6.33 Å². The Morgan fingerprint density at radius 1 is 1.45 bits per heavy atom. The molecule has 2 fully saturated rings. The maximum Gasteiger partial charge on any atom is 0.170 e. The Balaban J connectivity index is 1.69. The van der Waals surface area contributed by atoms with E-state index in [0.717, 1.165) is 43.6 Å². The van der Waals surface area contributed by atoms with Crippen molar-refractivity contribution in [1.29, 1.82) is 5.26 Å². The topological polar surface area (TPSA) is 91.2 Å². The first-order valence-corrected chi connectivity index (χ1v) is 9.79. The molecule has 0 spiro atoms. The molecule has 0 aromatic carbocycles. The van der Waals surface area contributed by atoms with Gasteiger partial charge in [-0.3, -0.25) is 3.11 Å². The lowest BCUT2D eigenvalue weighted by atomic mass is 9.72. The number of nitrogens with zero attached hydrogens (tertiary/aromatic N) is 5. The van der Waals surface area contributed by atoms with E-state index in [1.807, 2.05) is 0 Å². The van der Waals surface area contributed by atoms with E-state index in [2.05, 4.69) is 29.2 Å². The molecule has 7 heteroatoms. The summed E-state index contributed by atoms with van der Waals surface area (Å²) in [5, 5.41) is 9.54. The summed E-state index contributed by atoms with van der Waals surface area (Å²) in [6.07, 6.45) is 7.16. The molecule has 2 aliphatic carbocycles. The molecule has 0 radical (unpaired) electrons. The van der Waals surface area contributed by atoms with Crippen molar-refractivity contribution >= 4 is 38.6 Å². The lowest BCUT2D eigenvalue weighted by molar-refractivity contribution is 0.184. The van der Waals surface area contributed by atoms with Gasteiger partial charge in [0.05, 0.1) is 12.0 Å². The molecular weight excluding hydrogens is 391 g/mol. The zero-order chi connectivity index (χ0) is 15.3. The molecule has 116 valence electrons. The minimum absolute atomic E-state index is 0.213.